The summed E-state index contributed by atoms with van der Waals surface area (Å²) in [4.78, 5) is 14.1. The Labute approximate surface area is 215 Å². The first-order chi connectivity index (χ1) is 17.3. The normalized spacial score (nSPS) is 11.2. The molecule has 0 spiro atoms. The molecule has 0 aromatic heterocycles. The molecule has 4 aromatic rings. The van der Waals surface area contributed by atoms with Crippen LogP contribution in [0.4, 0.5) is 15.8 Å². The summed E-state index contributed by atoms with van der Waals surface area (Å²) in [6.45, 7) is 1.46. The maximum absolute atomic E-state index is 13.4. The van der Waals surface area contributed by atoms with E-state index < -0.39 is 28.3 Å². The number of aryl methyl sites for hydroxylation is 1. The van der Waals surface area contributed by atoms with Crippen molar-refractivity contribution in [1.29, 1.82) is 0 Å². The Kier molecular flexibility index (Phi) is 8.07. The number of benzene rings is 4. The molecule has 1 amide bonds. The predicted octanol–water partition coefficient (Wildman–Crippen LogP) is 6.26. The lowest BCUT2D eigenvalue weighted by atomic mass is 10.1. The molecule has 0 saturated heterocycles. The van der Waals surface area contributed by atoms with Crippen LogP contribution in [0.2, 0.25) is 0 Å². The van der Waals surface area contributed by atoms with E-state index in [9.17, 15) is 17.6 Å². The maximum Gasteiger partial charge on any atom is 0.264 e. The van der Waals surface area contributed by atoms with E-state index >= 15 is 0 Å². The molecular weight excluding hydrogens is 495 g/mol. The third-order valence-corrected chi connectivity index (χ3v) is 8.32. The Bertz CT molecular complexity index is 1430. The van der Waals surface area contributed by atoms with E-state index in [1.165, 1.54) is 17.0 Å². The van der Waals surface area contributed by atoms with Crippen LogP contribution in [0.3, 0.4) is 0 Å². The topological polar surface area (TPSA) is 66.5 Å². The van der Waals surface area contributed by atoms with Gasteiger partial charge in [-0.3, -0.25) is 9.10 Å². The van der Waals surface area contributed by atoms with Crippen molar-refractivity contribution in [2.75, 3.05) is 16.2 Å². The SMILES string of the molecule is Cc1cc(CSc2ccccc2)ccc1NC(=O)CN(c1ccccc1)S(=O)(=O)c1ccc(F)cc1. The van der Waals surface area contributed by atoms with Crippen LogP contribution >= 0.6 is 11.8 Å². The van der Waals surface area contributed by atoms with Gasteiger partial charge in [0.1, 0.15) is 12.4 Å². The quantitative estimate of drug-likeness (QED) is 0.265. The fraction of sp³-hybridized carbons (Fsp3) is 0.107. The zero-order valence-corrected chi connectivity index (χ0v) is 21.2. The van der Waals surface area contributed by atoms with Crippen LogP contribution < -0.4 is 9.62 Å². The zero-order valence-electron chi connectivity index (χ0n) is 19.6. The molecule has 1 N–H and O–H groups in total. The third kappa shape index (κ3) is 6.33. The van der Waals surface area contributed by atoms with Gasteiger partial charge >= 0.3 is 0 Å². The molecule has 0 aliphatic rings. The van der Waals surface area contributed by atoms with Crippen molar-refractivity contribution in [3.63, 3.8) is 0 Å². The summed E-state index contributed by atoms with van der Waals surface area (Å²) in [6, 6.07) is 28.8. The summed E-state index contributed by atoms with van der Waals surface area (Å²) in [7, 11) is -4.11. The summed E-state index contributed by atoms with van der Waals surface area (Å²) in [5.41, 5.74) is 2.94. The van der Waals surface area contributed by atoms with E-state index in [2.05, 4.69) is 17.4 Å². The second kappa shape index (κ2) is 11.4. The Morgan fingerprint density at radius 3 is 2.17 bits per heavy atom. The van der Waals surface area contributed by atoms with Crippen molar-refractivity contribution in [2.45, 2.75) is 22.5 Å². The van der Waals surface area contributed by atoms with Gasteiger partial charge in [0.05, 0.1) is 10.6 Å². The number of thioether (sulfide) groups is 1. The molecule has 0 aliphatic carbocycles. The van der Waals surface area contributed by atoms with Gasteiger partial charge in [0, 0.05) is 16.3 Å². The van der Waals surface area contributed by atoms with Gasteiger partial charge in [-0.15, -0.1) is 11.8 Å². The van der Waals surface area contributed by atoms with E-state index in [1.807, 2.05) is 43.3 Å². The molecule has 5 nitrogen and oxygen atoms in total. The fourth-order valence-electron chi connectivity index (χ4n) is 3.60. The largest absolute Gasteiger partial charge is 0.324 e. The van der Waals surface area contributed by atoms with Crippen LogP contribution in [0.5, 0.6) is 0 Å². The van der Waals surface area contributed by atoms with Gasteiger partial charge in [-0.2, -0.15) is 0 Å². The number of nitrogens with one attached hydrogen (secondary N) is 1. The van der Waals surface area contributed by atoms with Gasteiger partial charge in [-0.05, 0) is 72.6 Å². The summed E-state index contributed by atoms with van der Waals surface area (Å²) in [6.07, 6.45) is 0. The number of hydrogen-bond acceptors (Lipinski definition) is 4. The number of para-hydroxylation sites is 1. The van der Waals surface area contributed by atoms with Crippen molar-refractivity contribution < 1.29 is 17.6 Å². The number of amides is 1. The molecule has 184 valence electrons. The molecule has 0 saturated carbocycles. The van der Waals surface area contributed by atoms with Gasteiger partial charge in [-0.1, -0.05) is 48.5 Å². The van der Waals surface area contributed by atoms with E-state index in [0.29, 0.717) is 11.4 Å². The number of carbonyl (C=O) groups is 1. The van der Waals surface area contributed by atoms with Gasteiger partial charge in [-0.25, -0.2) is 12.8 Å². The average Bonchev–Trinajstić information content (AvgIpc) is 2.89. The molecule has 4 aromatic carbocycles. The molecule has 36 heavy (non-hydrogen) atoms. The van der Waals surface area contributed by atoms with Gasteiger partial charge in [0.15, 0.2) is 0 Å². The lowest BCUT2D eigenvalue weighted by molar-refractivity contribution is -0.114. The number of hydrogen-bond donors (Lipinski definition) is 1. The minimum atomic E-state index is -4.11. The lowest BCUT2D eigenvalue weighted by Crippen LogP contribution is -2.38. The Morgan fingerprint density at radius 2 is 1.53 bits per heavy atom. The molecule has 0 atom stereocenters. The van der Waals surface area contributed by atoms with E-state index in [1.54, 1.807) is 42.1 Å². The Morgan fingerprint density at radius 1 is 0.889 bits per heavy atom. The van der Waals surface area contributed by atoms with E-state index in [4.69, 9.17) is 0 Å². The van der Waals surface area contributed by atoms with Crippen LogP contribution in [-0.4, -0.2) is 20.9 Å². The molecular formula is C28H25FN2O3S2. The predicted molar refractivity (Wildman–Crippen MR) is 143 cm³/mol. The molecule has 0 unspecified atom stereocenters. The summed E-state index contributed by atoms with van der Waals surface area (Å²) >= 11 is 1.73. The monoisotopic (exact) mass is 520 g/mol. The first-order valence-corrected chi connectivity index (χ1v) is 13.7. The summed E-state index contributed by atoms with van der Waals surface area (Å²) < 4.78 is 41.1. The lowest BCUT2D eigenvalue weighted by Gasteiger charge is -2.24. The minimum absolute atomic E-state index is 0.1000. The second-order valence-electron chi connectivity index (χ2n) is 8.10. The number of sulfonamides is 1. The van der Waals surface area contributed by atoms with Crippen molar-refractivity contribution in [3.8, 4) is 0 Å². The fourth-order valence-corrected chi connectivity index (χ4v) is 5.89. The summed E-state index contributed by atoms with van der Waals surface area (Å²) in [5, 5.41) is 2.83. The van der Waals surface area contributed by atoms with Crippen molar-refractivity contribution in [2.24, 2.45) is 0 Å². The number of nitrogens with zero attached hydrogens (tertiary/aromatic N) is 1. The Balaban J connectivity index is 1.50. The number of rotatable bonds is 9. The number of anilines is 2. The maximum atomic E-state index is 13.4. The molecule has 0 radical (unpaired) electrons. The van der Waals surface area contributed by atoms with Crippen molar-refractivity contribution >= 4 is 39.1 Å². The molecule has 0 fully saturated rings. The van der Waals surface area contributed by atoms with Gasteiger partial charge in [0.2, 0.25) is 5.91 Å². The van der Waals surface area contributed by atoms with E-state index in [-0.39, 0.29) is 4.90 Å². The standard InChI is InChI=1S/C28H25FN2O3S2/c1-21-18-22(20-35-25-10-6-3-7-11-25)12-17-27(21)30-28(32)19-31(24-8-4-2-5-9-24)36(33,34)26-15-13-23(29)14-16-26/h2-18H,19-20H2,1H3,(H,30,32). The smallest absolute Gasteiger partial charge is 0.264 e. The highest BCUT2D eigenvalue weighted by molar-refractivity contribution is 7.98. The Hall–Kier alpha value is -3.62. The van der Waals surface area contributed by atoms with E-state index in [0.717, 1.165) is 33.3 Å². The molecule has 0 bridgehead atoms. The van der Waals surface area contributed by atoms with Crippen LogP contribution in [-0.2, 0) is 20.6 Å². The van der Waals surface area contributed by atoms with Crippen molar-refractivity contribution in [1.82, 2.24) is 0 Å². The first kappa shape index (κ1) is 25.5. The molecule has 4 rings (SSSR count). The van der Waals surface area contributed by atoms with Crippen molar-refractivity contribution in [3.05, 3.63) is 120 Å². The third-order valence-electron chi connectivity index (χ3n) is 5.45. The number of halogens is 1. The van der Waals surface area contributed by atoms with Gasteiger partial charge < -0.3 is 5.32 Å². The molecule has 8 heteroatoms. The zero-order chi connectivity index (χ0) is 25.5. The average molecular weight is 521 g/mol. The highest BCUT2D eigenvalue weighted by atomic mass is 32.2. The summed E-state index contributed by atoms with van der Waals surface area (Å²) in [5.74, 6) is -0.241. The highest BCUT2D eigenvalue weighted by Gasteiger charge is 2.27. The highest BCUT2D eigenvalue weighted by Crippen LogP contribution is 2.26. The number of carbonyl (C=O) groups excluding carboxylic acids is 1. The molecule has 0 heterocycles. The minimum Gasteiger partial charge on any atom is -0.324 e. The molecule has 0 aliphatic heterocycles. The van der Waals surface area contributed by atoms with Crippen LogP contribution in [0.25, 0.3) is 0 Å². The van der Waals surface area contributed by atoms with Crippen LogP contribution in [0, 0.1) is 12.7 Å². The second-order valence-corrected chi connectivity index (χ2v) is 11.0. The van der Waals surface area contributed by atoms with Gasteiger partial charge in [0.25, 0.3) is 10.0 Å². The van der Waals surface area contributed by atoms with Crippen LogP contribution in [0.1, 0.15) is 11.1 Å². The van der Waals surface area contributed by atoms with Crippen LogP contribution in [0.15, 0.2) is 113 Å². The first-order valence-electron chi connectivity index (χ1n) is 11.2.